The molecule has 1 aromatic rings. The predicted molar refractivity (Wildman–Crippen MR) is 81.7 cm³/mol. The topological polar surface area (TPSA) is 38.3 Å². The van der Waals surface area contributed by atoms with Crippen LogP contribution in [0.5, 0.6) is 0 Å². The Morgan fingerprint density at radius 2 is 1.95 bits per heavy atom. The van der Waals surface area contributed by atoms with Gasteiger partial charge < -0.3 is 10.1 Å². The lowest BCUT2D eigenvalue weighted by Gasteiger charge is -2.24. The highest BCUT2D eigenvalue weighted by Gasteiger charge is 2.27. The first kappa shape index (κ1) is 14.6. The third kappa shape index (κ3) is 3.21. The van der Waals surface area contributed by atoms with Gasteiger partial charge >= 0.3 is 6.09 Å². The van der Waals surface area contributed by atoms with E-state index in [9.17, 15) is 4.79 Å². The number of hydrogen-bond acceptors (Lipinski definition) is 2. The molecule has 3 heteroatoms. The van der Waals surface area contributed by atoms with Crippen molar-refractivity contribution in [2.45, 2.75) is 52.2 Å². The molecule has 0 aromatic heterocycles. The first-order chi connectivity index (χ1) is 9.28. The van der Waals surface area contributed by atoms with Gasteiger partial charge in [0.1, 0.15) is 5.60 Å². The summed E-state index contributed by atoms with van der Waals surface area (Å²) in [4.78, 5) is 11.9. The molecule has 3 nitrogen and oxygen atoms in total. The van der Waals surface area contributed by atoms with E-state index in [-0.39, 0.29) is 18.1 Å². The van der Waals surface area contributed by atoms with E-state index in [1.165, 1.54) is 16.7 Å². The van der Waals surface area contributed by atoms with Crippen molar-refractivity contribution in [2.24, 2.45) is 0 Å². The highest BCUT2D eigenvalue weighted by Crippen LogP contribution is 2.37. The number of nitrogens with one attached hydrogen (secondary N) is 1. The Bertz CT molecular complexity index is 540. The van der Waals surface area contributed by atoms with E-state index in [2.05, 4.69) is 30.4 Å². The summed E-state index contributed by atoms with van der Waals surface area (Å²) in [6, 6.07) is 8.34. The van der Waals surface area contributed by atoms with Crippen LogP contribution in [0.2, 0.25) is 0 Å². The summed E-state index contributed by atoms with van der Waals surface area (Å²) < 4.78 is 5.31. The minimum Gasteiger partial charge on any atom is -0.444 e. The molecular weight excluding hydrogens is 250 g/mol. The van der Waals surface area contributed by atoms with Crippen molar-refractivity contribution in [1.82, 2.24) is 5.32 Å². The van der Waals surface area contributed by atoms with Gasteiger partial charge in [-0.1, -0.05) is 30.3 Å². The fourth-order valence-corrected chi connectivity index (χ4v) is 2.59. The number of amides is 1. The SMILES string of the molecule is CC1=CC([C@@H](C)NC(=O)OC(C)(C)C)c2ccccc21. The van der Waals surface area contributed by atoms with Gasteiger partial charge in [-0.05, 0) is 51.3 Å². The maximum atomic E-state index is 11.9. The fourth-order valence-electron chi connectivity index (χ4n) is 2.59. The summed E-state index contributed by atoms with van der Waals surface area (Å²) in [5.41, 5.74) is 3.34. The van der Waals surface area contributed by atoms with Gasteiger partial charge in [0.15, 0.2) is 0 Å². The van der Waals surface area contributed by atoms with Gasteiger partial charge in [0.25, 0.3) is 0 Å². The monoisotopic (exact) mass is 273 g/mol. The molecule has 0 saturated carbocycles. The van der Waals surface area contributed by atoms with Crippen LogP contribution in [0.1, 0.15) is 51.7 Å². The maximum absolute atomic E-state index is 11.9. The fraction of sp³-hybridized carbons (Fsp3) is 0.471. The van der Waals surface area contributed by atoms with E-state index in [1.807, 2.05) is 39.8 Å². The molecule has 1 unspecified atom stereocenters. The quantitative estimate of drug-likeness (QED) is 0.881. The molecule has 0 bridgehead atoms. The second-order valence-electron chi connectivity index (χ2n) is 6.40. The third-order valence-electron chi connectivity index (χ3n) is 3.46. The lowest BCUT2D eigenvalue weighted by molar-refractivity contribution is 0.0505. The van der Waals surface area contributed by atoms with E-state index in [0.29, 0.717) is 0 Å². The van der Waals surface area contributed by atoms with Crippen LogP contribution in [0, 0.1) is 0 Å². The number of allylic oxidation sites excluding steroid dienone is 1. The molecule has 0 fully saturated rings. The van der Waals surface area contributed by atoms with Crippen LogP contribution in [0.25, 0.3) is 5.57 Å². The van der Waals surface area contributed by atoms with E-state index >= 15 is 0 Å². The number of fused-ring (bicyclic) bond motifs is 1. The summed E-state index contributed by atoms with van der Waals surface area (Å²) in [6.45, 7) is 9.73. The molecule has 1 N–H and O–H groups in total. The van der Waals surface area contributed by atoms with E-state index < -0.39 is 5.60 Å². The number of carbonyl (C=O) groups is 1. The van der Waals surface area contributed by atoms with E-state index in [4.69, 9.17) is 4.74 Å². The molecule has 0 heterocycles. The molecule has 1 aliphatic rings. The Morgan fingerprint density at radius 3 is 2.60 bits per heavy atom. The number of benzene rings is 1. The van der Waals surface area contributed by atoms with Gasteiger partial charge in [-0.2, -0.15) is 0 Å². The van der Waals surface area contributed by atoms with Gasteiger partial charge in [-0.25, -0.2) is 4.79 Å². The molecule has 2 rings (SSSR count). The zero-order valence-electron chi connectivity index (χ0n) is 12.9. The minimum atomic E-state index is -0.469. The summed E-state index contributed by atoms with van der Waals surface area (Å²) >= 11 is 0. The highest BCUT2D eigenvalue weighted by atomic mass is 16.6. The van der Waals surface area contributed by atoms with Crippen molar-refractivity contribution in [2.75, 3.05) is 0 Å². The molecule has 1 aromatic carbocycles. The van der Waals surface area contributed by atoms with Gasteiger partial charge in [-0.3, -0.25) is 0 Å². The largest absolute Gasteiger partial charge is 0.444 e. The average molecular weight is 273 g/mol. The Hall–Kier alpha value is -1.77. The predicted octanol–water partition coefficient (Wildman–Crippen LogP) is 4.10. The van der Waals surface area contributed by atoms with Gasteiger partial charge in [0.05, 0.1) is 0 Å². The van der Waals surface area contributed by atoms with E-state index in [0.717, 1.165) is 0 Å². The summed E-state index contributed by atoms with van der Waals surface area (Å²) in [7, 11) is 0. The average Bonchev–Trinajstić information content (AvgIpc) is 2.65. The van der Waals surface area contributed by atoms with Gasteiger partial charge in [0.2, 0.25) is 0 Å². The molecule has 2 atom stereocenters. The summed E-state index contributed by atoms with van der Waals surface area (Å²) in [5.74, 6) is 0.207. The normalized spacial score (nSPS) is 19.1. The number of hydrogen-bond donors (Lipinski definition) is 1. The van der Waals surface area contributed by atoms with Crippen molar-refractivity contribution in [3.8, 4) is 0 Å². The van der Waals surface area contributed by atoms with Crippen molar-refractivity contribution in [1.29, 1.82) is 0 Å². The first-order valence-corrected chi connectivity index (χ1v) is 7.05. The Balaban J connectivity index is 2.08. The molecule has 20 heavy (non-hydrogen) atoms. The smallest absolute Gasteiger partial charge is 0.407 e. The highest BCUT2D eigenvalue weighted by molar-refractivity contribution is 5.74. The molecule has 0 saturated heterocycles. The minimum absolute atomic E-state index is 0.00319. The van der Waals surface area contributed by atoms with Gasteiger partial charge in [0, 0.05) is 12.0 Å². The Kier molecular flexibility index (Phi) is 3.89. The van der Waals surface area contributed by atoms with Crippen LogP contribution < -0.4 is 5.32 Å². The molecular formula is C17H23NO2. The van der Waals surface area contributed by atoms with Crippen LogP contribution in [0.3, 0.4) is 0 Å². The number of rotatable bonds is 2. The molecule has 1 aliphatic carbocycles. The van der Waals surface area contributed by atoms with Gasteiger partial charge in [-0.15, -0.1) is 0 Å². The number of carbonyl (C=O) groups excluding carboxylic acids is 1. The summed E-state index contributed by atoms with van der Waals surface area (Å²) in [6.07, 6.45) is 1.85. The molecule has 1 amide bonds. The second-order valence-corrected chi connectivity index (χ2v) is 6.40. The van der Waals surface area contributed by atoms with Crippen molar-refractivity contribution in [3.05, 3.63) is 41.5 Å². The van der Waals surface area contributed by atoms with Crippen molar-refractivity contribution >= 4 is 11.7 Å². The van der Waals surface area contributed by atoms with Crippen LogP contribution in [0.4, 0.5) is 4.79 Å². The van der Waals surface area contributed by atoms with Crippen molar-refractivity contribution in [3.63, 3.8) is 0 Å². The molecule has 0 spiro atoms. The van der Waals surface area contributed by atoms with Crippen LogP contribution in [-0.2, 0) is 4.74 Å². The summed E-state index contributed by atoms with van der Waals surface area (Å²) in [5, 5.41) is 2.93. The molecule has 0 aliphatic heterocycles. The van der Waals surface area contributed by atoms with Crippen molar-refractivity contribution < 1.29 is 9.53 Å². The molecule has 0 radical (unpaired) electrons. The zero-order valence-corrected chi connectivity index (χ0v) is 12.9. The van der Waals surface area contributed by atoms with E-state index in [1.54, 1.807) is 0 Å². The maximum Gasteiger partial charge on any atom is 0.407 e. The lowest BCUT2D eigenvalue weighted by Crippen LogP contribution is -2.40. The number of ether oxygens (including phenoxy) is 1. The lowest BCUT2D eigenvalue weighted by atomic mass is 9.94. The molecule has 108 valence electrons. The first-order valence-electron chi connectivity index (χ1n) is 7.05. The Morgan fingerprint density at radius 1 is 1.30 bits per heavy atom. The Labute approximate surface area is 121 Å². The third-order valence-corrected chi connectivity index (χ3v) is 3.46. The van der Waals surface area contributed by atoms with Crippen LogP contribution in [-0.4, -0.2) is 17.7 Å². The number of alkyl carbamates (subject to hydrolysis) is 1. The standard InChI is InChI=1S/C17H23NO2/c1-11-10-15(14-9-7-6-8-13(11)14)12(2)18-16(19)20-17(3,4)5/h6-10,12,15H,1-5H3,(H,18,19)/t12-,15?/m1/s1. The second kappa shape index (κ2) is 5.31. The zero-order chi connectivity index (χ0) is 14.9. The van der Waals surface area contributed by atoms with Crippen LogP contribution >= 0.6 is 0 Å². The van der Waals surface area contributed by atoms with Crippen LogP contribution in [0.15, 0.2) is 30.3 Å².